The number of ether oxygens (including phenoxy) is 1. The van der Waals surface area contributed by atoms with Gasteiger partial charge >= 0.3 is 0 Å². The third-order valence-electron chi connectivity index (χ3n) is 4.25. The first-order chi connectivity index (χ1) is 10.9. The van der Waals surface area contributed by atoms with Gasteiger partial charge in [0.05, 0.1) is 11.5 Å². The Hall–Kier alpha value is -1.11. The third kappa shape index (κ3) is 4.68. The normalized spacial score (nSPS) is 17.3. The fraction of sp³-hybridized carbons (Fsp3) is 0.647. The van der Waals surface area contributed by atoms with E-state index in [-0.39, 0.29) is 0 Å². The van der Waals surface area contributed by atoms with Crippen LogP contribution in [0.4, 0.5) is 0 Å². The highest BCUT2D eigenvalue weighted by atomic mass is 32.2. The Balaban J connectivity index is 2.06. The topological polar surface area (TPSA) is 49.9 Å². The molecular formula is C17H28N2O3S. The summed E-state index contributed by atoms with van der Waals surface area (Å²) in [7, 11) is -1.39. The molecule has 0 radical (unpaired) electrons. The van der Waals surface area contributed by atoms with E-state index in [0.717, 1.165) is 43.7 Å². The minimum atomic E-state index is -3.40. The number of likely N-dealkylation sites (N-methyl/N-ethyl adjacent to an activating group) is 1. The lowest BCUT2D eigenvalue weighted by atomic mass is 10.2. The molecule has 1 aliphatic heterocycles. The molecule has 2 rings (SSSR count). The lowest BCUT2D eigenvalue weighted by Crippen LogP contribution is -2.47. The second kappa shape index (κ2) is 8.13. The number of benzene rings is 1. The predicted octanol–water partition coefficient (Wildman–Crippen LogP) is 2.50. The smallest absolute Gasteiger partial charge is 0.243 e. The van der Waals surface area contributed by atoms with Crippen molar-refractivity contribution in [1.82, 2.24) is 9.21 Å². The van der Waals surface area contributed by atoms with Gasteiger partial charge in [-0.25, -0.2) is 8.42 Å². The second-order valence-corrected chi connectivity index (χ2v) is 8.13. The van der Waals surface area contributed by atoms with Crippen molar-refractivity contribution in [1.29, 1.82) is 0 Å². The molecule has 5 nitrogen and oxygen atoms in total. The van der Waals surface area contributed by atoms with E-state index in [9.17, 15) is 8.42 Å². The van der Waals surface area contributed by atoms with Crippen LogP contribution < -0.4 is 4.74 Å². The largest absolute Gasteiger partial charge is 0.493 e. The molecule has 1 fully saturated rings. The molecule has 6 heteroatoms. The van der Waals surface area contributed by atoms with E-state index >= 15 is 0 Å². The summed E-state index contributed by atoms with van der Waals surface area (Å²) in [6, 6.07) is 5.17. The van der Waals surface area contributed by atoms with Crippen LogP contribution in [0.1, 0.15) is 31.7 Å². The number of piperazine rings is 1. The highest BCUT2D eigenvalue weighted by Crippen LogP contribution is 2.24. The van der Waals surface area contributed by atoms with E-state index in [4.69, 9.17) is 4.74 Å². The first kappa shape index (κ1) is 18.2. The van der Waals surface area contributed by atoms with Crippen LogP contribution >= 0.6 is 0 Å². The van der Waals surface area contributed by atoms with Gasteiger partial charge in [-0.05, 0) is 44.2 Å². The summed E-state index contributed by atoms with van der Waals surface area (Å²) in [5, 5.41) is 0. The van der Waals surface area contributed by atoms with Gasteiger partial charge in [-0.2, -0.15) is 4.31 Å². The van der Waals surface area contributed by atoms with Crippen molar-refractivity contribution in [2.45, 2.75) is 38.0 Å². The SMILES string of the molecule is CCCCCOc1ccc(S(=O)(=O)N2CCN(C)CC2)cc1C. The summed E-state index contributed by atoms with van der Waals surface area (Å²) < 4.78 is 32.8. The number of unbranched alkanes of at least 4 members (excludes halogenated alkanes) is 2. The summed E-state index contributed by atoms with van der Waals surface area (Å²) in [5.74, 6) is 0.776. The second-order valence-electron chi connectivity index (χ2n) is 6.19. The minimum absolute atomic E-state index is 0.362. The Morgan fingerprint density at radius 2 is 1.83 bits per heavy atom. The molecule has 1 saturated heterocycles. The molecule has 0 aromatic heterocycles. The predicted molar refractivity (Wildman–Crippen MR) is 92.5 cm³/mol. The standard InChI is InChI=1S/C17H28N2O3S/c1-4-5-6-13-22-17-8-7-16(14-15(17)2)23(20,21)19-11-9-18(3)10-12-19/h7-8,14H,4-6,9-13H2,1-3H3. The molecule has 1 heterocycles. The third-order valence-corrected chi connectivity index (χ3v) is 6.15. The number of aryl methyl sites for hydroxylation is 1. The molecule has 0 saturated carbocycles. The maximum atomic E-state index is 12.7. The van der Waals surface area contributed by atoms with Crippen LogP contribution in [-0.2, 0) is 10.0 Å². The molecule has 0 aliphatic carbocycles. The maximum Gasteiger partial charge on any atom is 0.243 e. The van der Waals surface area contributed by atoms with Crippen LogP contribution in [0.15, 0.2) is 23.1 Å². The first-order valence-electron chi connectivity index (χ1n) is 8.37. The fourth-order valence-corrected chi connectivity index (χ4v) is 4.16. The van der Waals surface area contributed by atoms with E-state index in [1.54, 1.807) is 22.5 Å². The van der Waals surface area contributed by atoms with E-state index in [2.05, 4.69) is 11.8 Å². The molecule has 0 N–H and O–H groups in total. The number of rotatable bonds is 7. The Morgan fingerprint density at radius 1 is 1.13 bits per heavy atom. The van der Waals surface area contributed by atoms with Crippen LogP contribution in [0.5, 0.6) is 5.75 Å². The molecule has 1 aliphatic rings. The average Bonchev–Trinajstić information content (AvgIpc) is 2.53. The van der Waals surface area contributed by atoms with E-state index in [1.165, 1.54) is 0 Å². The van der Waals surface area contributed by atoms with Gasteiger partial charge in [-0.1, -0.05) is 19.8 Å². The van der Waals surface area contributed by atoms with Gasteiger partial charge in [-0.3, -0.25) is 0 Å². The quantitative estimate of drug-likeness (QED) is 0.716. The van der Waals surface area contributed by atoms with Gasteiger partial charge in [0.2, 0.25) is 10.0 Å². The van der Waals surface area contributed by atoms with Gasteiger partial charge in [0, 0.05) is 26.2 Å². The zero-order valence-electron chi connectivity index (χ0n) is 14.4. The zero-order valence-corrected chi connectivity index (χ0v) is 15.2. The van der Waals surface area contributed by atoms with Gasteiger partial charge < -0.3 is 9.64 Å². The summed E-state index contributed by atoms with van der Waals surface area (Å²) in [6.45, 7) is 7.38. The van der Waals surface area contributed by atoms with Gasteiger partial charge in [-0.15, -0.1) is 0 Å². The van der Waals surface area contributed by atoms with Crippen molar-refractivity contribution >= 4 is 10.0 Å². The summed E-state index contributed by atoms with van der Waals surface area (Å²) >= 11 is 0. The van der Waals surface area contributed by atoms with Gasteiger partial charge in [0.1, 0.15) is 5.75 Å². The molecule has 23 heavy (non-hydrogen) atoms. The Morgan fingerprint density at radius 3 is 2.43 bits per heavy atom. The van der Waals surface area contributed by atoms with Crippen molar-refractivity contribution in [3.05, 3.63) is 23.8 Å². The molecule has 0 atom stereocenters. The van der Waals surface area contributed by atoms with Crippen LogP contribution in [0.2, 0.25) is 0 Å². The molecular weight excluding hydrogens is 312 g/mol. The molecule has 0 spiro atoms. The van der Waals surface area contributed by atoms with Crippen molar-refractivity contribution in [3.63, 3.8) is 0 Å². The maximum absolute atomic E-state index is 12.7. The molecule has 1 aromatic carbocycles. The van der Waals surface area contributed by atoms with E-state index < -0.39 is 10.0 Å². The molecule has 0 bridgehead atoms. The first-order valence-corrected chi connectivity index (χ1v) is 9.81. The number of nitrogens with zero attached hydrogens (tertiary/aromatic N) is 2. The van der Waals surface area contributed by atoms with Crippen molar-refractivity contribution in [3.8, 4) is 5.75 Å². The van der Waals surface area contributed by atoms with Crippen LogP contribution in [-0.4, -0.2) is 57.5 Å². The van der Waals surface area contributed by atoms with Crippen molar-refractivity contribution < 1.29 is 13.2 Å². The zero-order chi connectivity index (χ0) is 16.9. The molecule has 1 aromatic rings. The van der Waals surface area contributed by atoms with Crippen LogP contribution in [0, 0.1) is 6.92 Å². The summed E-state index contributed by atoms with van der Waals surface area (Å²) in [6.07, 6.45) is 3.33. The monoisotopic (exact) mass is 340 g/mol. The van der Waals surface area contributed by atoms with E-state index in [0.29, 0.717) is 24.6 Å². The lowest BCUT2D eigenvalue weighted by Gasteiger charge is -2.31. The molecule has 0 unspecified atom stereocenters. The van der Waals surface area contributed by atoms with Crippen LogP contribution in [0.25, 0.3) is 0 Å². The number of hydrogen-bond donors (Lipinski definition) is 0. The van der Waals surface area contributed by atoms with Crippen molar-refractivity contribution in [2.24, 2.45) is 0 Å². The highest BCUT2D eigenvalue weighted by Gasteiger charge is 2.27. The Bertz CT molecular complexity index is 608. The van der Waals surface area contributed by atoms with E-state index in [1.807, 2.05) is 14.0 Å². The Kier molecular flexibility index (Phi) is 6.44. The van der Waals surface area contributed by atoms with Gasteiger partial charge in [0.25, 0.3) is 0 Å². The number of hydrogen-bond acceptors (Lipinski definition) is 4. The Labute approximate surface area is 140 Å². The fourth-order valence-electron chi connectivity index (χ4n) is 2.66. The number of sulfonamides is 1. The highest BCUT2D eigenvalue weighted by molar-refractivity contribution is 7.89. The van der Waals surface area contributed by atoms with Crippen molar-refractivity contribution in [2.75, 3.05) is 39.8 Å². The molecule has 130 valence electrons. The molecule has 0 amide bonds. The van der Waals surface area contributed by atoms with Gasteiger partial charge in [0.15, 0.2) is 0 Å². The summed E-state index contributed by atoms with van der Waals surface area (Å²) in [4.78, 5) is 2.50. The summed E-state index contributed by atoms with van der Waals surface area (Å²) in [5.41, 5.74) is 0.872. The van der Waals surface area contributed by atoms with Crippen LogP contribution in [0.3, 0.4) is 0 Å². The lowest BCUT2D eigenvalue weighted by molar-refractivity contribution is 0.222. The average molecular weight is 340 g/mol. The minimum Gasteiger partial charge on any atom is -0.493 e.